The first-order valence-electron chi connectivity index (χ1n) is 10.6. The van der Waals surface area contributed by atoms with Gasteiger partial charge in [0, 0.05) is 11.1 Å². The summed E-state index contributed by atoms with van der Waals surface area (Å²) < 4.78 is 5.66. The molecule has 3 aromatic rings. The molecule has 0 spiro atoms. The normalized spacial score (nSPS) is 14.6. The van der Waals surface area contributed by atoms with Gasteiger partial charge in [-0.1, -0.05) is 71.8 Å². The summed E-state index contributed by atoms with van der Waals surface area (Å²) >= 11 is 0. The Morgan fingerprint density at radius 2 is 1.24 bits per heavy atom. The van der Waals surface area contributed by atoms with Gasteiger partial charge in [0.25, 0.3) is 11.8 Å². The van der Waals surface area contributed by atoms with Crippen molar-refractivity contribution in [3.8, 4) is 0 Å². The van der Waals surface area contributed by atoms with Gasteiger partial charge in [0.15, 0.2) is 6.10 Å². The van der Waals surface area contributed by atoms with Crippen molar-refractivity contribution in [2.45, 2.75) is 32.9 Å². The maximum atomic E-state index is 13.3. The lowest BCUT2D eigenvalue weighted by Gasteiger charge is -2.24. The van der Waals surface area contributed by atoms with Crippen molar-refractivity contribution < 1.29 is 23.9 Å². The molecule has 1 heterocycles. The first-order chi connectivity index (χ1) is 15.8. The summed E-state index contributed by atoms with van der Waals surface area (Å²) in [7, 11) is 0. The maximum absolute atomic E-state index is 13.3. The Bertz CT molecular complexity index is 1210. The van der Waals surface area contributed by atoms with Crippen LogP contribution in [-0.2, 0) is 9.53 Å². The van der Waals surface area contributed by atoms with Gasteiger partial charge in [-0.05, 0) is 32.9 Å². The van der Waals surface area contributed by atoms with Crippen LogP contribution in [0.3, 0.4) is 0 Å². The number of ketones is 1. The van der Waals surface area contributed by atoms with E-state index in [1.807, 2.05) is 38.1 Å². The van der Waals surface area contributed by atoms with Gasteiger partial charge in [-0.3, -0.25) is 19.3 Å². The molecular weight excluding hydrogens is 418 g/mol. The zero-order valence-electron chi connectivity index (χ0n) is 18.6. The van der Waals surface area contributed by atoms with Crippen molar-refractivity contribution in [3.63, 3.8) is 0 Å². The molecule has 166 valence electrons. The molecule has 0 aromatic heterocycles. The highest BCUT2D eigenvalue weighted by molar-refractivity contribution is 6.22. The van der Waals surface area contributed by atoms with Gasteiger partial charge < -0.3 is 4.74 Å². The number of nitrogens with zero attached hydrogens (tertiary/aromatic N) is 1. The molecule has 4 rings (SSSR count). The molecule has 0 radical (unpaired) electrons. The second kappa shape index (κ2) is 8.82. The predicted molar refractivity (Wildman–Crippen MR) is 122 cm³/mol. The predicted octanol–water partition coefficient (Wildman–Crippen LogP) is 4.46. The lowest BCUT2D eigenvalue weighted by Crippen LogP contribution is -2.44. The van der Waals surface area contributed by atoms with E-state index in [9.17, 15) is 19.2 Å². The first kappa shape index (κ1) is 22.1. The Kier molecular flexibility index (Phi) is 5.92. The Labute approximate surface area is 191 Å². The van der Waals surface area contributed by atoms with Crippen molar-refractivity contribution in [2.24, 2.45) is 0 Å². The molecular formula is C27H23NO5. The minimum atomic E-state index is -1.21. The number of rotatable bonds is 6. The summed E-state index contributed by atoms with van der Waals surface area (Å²) in [5, 5.41) is 0. The van der Waals surface area contributed by atoms with Crippen LogP contribution in [0, 0.1) is 13.8 Å². The number of Topliss-reactive ketones (excluding diaryl/α,β-unsaturated/α-hetero) is 1. The van der Waals surface area contributed by atoms with Gasteiger partial charge in [0.2, 0.25) is 5.78 Å². The Morgan fingerprint density at radius 3 is 1.76 bits per heavy atom. The fourth-order valence-corrected chi connectivity index (χ4v) is 3.76. The molecule has 0 N–H and O–H groups in total. The fourth-order valence-electron chi connectivity index (χ4n) is 3.76. The molecule has 0 aliphatic carbocycles. The van der Waals surface area contributed by atoms with Gasteiger partial charge in [-0.15, -0.1) is 0 Å². The zero-order valence-corrected chi connectivity index (χ0v) is 18.6. The topological polar surface area (TPSA) is 80.8 Å². The highest BCUT2D eigenvalue weighted by Crippen LogP contribution is 2.28. The summed E-state index contributed by atoms with van der Waals surface area (Å²) in [4.78, 5) is 52.8. The van der Waals surface area contributed by atoms with Crippen molar-refractivity contribution in [1.82, 2.24) is 4.90 Å². The number of fused-ring (bicyclic) bond motifs is 1. The van der Waals surface area contributed by atoms with E-state index in [2.05, 4.69) is 0 Å². The molecule has 0 unspecified atom stereocenters. The molecule has 1 aliphatic heterocycles. The average molecular weight is 441 g/mol. The van der Waals surface area contributed by atoms with Crippen LogP contribution in [0.1, 0.15) is 60.8 Å². The smallest absolute Gasteiger partial charge is 0.330 e. The number of carbonyl (C=O) groups excluding carboxylic acids is 4. The minimum absolute atomic E-state index is 0.243. The number of carbonyl (C=O) groups is 4. The molecule has 0 saturated carbocycles. The largest absolute Gasteiger partial charge is 0.447 e. The fraction of sp³-hybridized carbons (Fsp3) is 0.185. The average Bonchev–Trinajstić information content (AvgIpc) is 3.07. The third-order valence-electron chi connectivity index (χ3n) is 5.74. The summed E-state index contributed by atoms with van der Waals surface area (Å²) in [5.74, 6) is -2.34. The molecule has 0 bridgehead atoms. The summed E-state index contributed by atoms with van der Waals surface area (Å²) in [6.45, 7) is 5.25. The highest BCUT2D eigenvalue weighted by atomic mass is 16.5. The van der Waals surface area contributed by atoms with Crippen LogP contribution in [0.15, 0.2) is 72.8 Å². The van der Waals surface area contributed by atoms with Gasteiger partial charge in [-0.25, -0.2) is 4.79 Å². The third-order valence-corrected chi connectivity index (χ3v) is 5.74. The molecule has 0 fully saturated rings. The highest BCUT2D eigenvalue weighted by Gasteiger charge is 2.42. The number of hydrogen-bond acceptors (Lipinski definition) is 5. The van der Waals surface area contributed by atoms with E-state index in [0.29, 0.717) is 11.1 Å². The zero-order chi connectivity index (χ0) is 23.7. The Balaban J connectivity index is 1.62. The molecule has 3 aromatic carbocycles. The molecule has 2 amide bonds. The Hall–Kier alpha value is -4.06. The van der Waals surface area contributed by atoms with Crippen LogP contribution < -0.4 is 0 Å². The van der Waals surface area contributed by atoms with Crippen LogP contribution in [0.4, 0.5) is 0 Å². The number of ether oxygens (including phenoxy) is 1. The summed E-state index contributed by atoms with van der Waals surface area (Å²) in [6, 6.07) is 19.3. The van der Waals surface area contributed by atoms with Crippen LogP contribution >= 0.6 is 0 Å². The van der Waals surface area contributed by atoms with E-state index < -0.39 is 29.9 Å². The van der Waals surface area contributed by atoms with Crippen LogP contribution in [0.2, 0.25) is 0 Å². The number of amides is 2. The summed E-state index contributed by atoms with van der Waals surface area (Å²) in [5.41, 5.74) is 3.38. The lowest BCUT2D eigenvalue weighted by atomic mass is 9.98. The van der Waals surface area contributed by atoms with E-state index in [4.69, 9.17) is 4.74 Å². The minimum Gasteiger partial charge on any atom is -0.447 e. The molecule has 2 atom stereocenters. The van der Waals surface area contributed by atoms with Crippen molar-refractivity contribution in [1.29, 1.82) is 0 Å². The Morgan fingerprint density at radius 1 is 0.758 bits per heavy atom. The van der Waals surface area contributed by atoms with E-state index >= 15 is 0 Å². The maximum Gasteiger partial charge on any atom is 0.330 e. The van der Waals surface area contributed by atoms with Gasteiger partial charge >= 0.3 is 5.97 Å². The van der Waals surface area contributed by atoms with Gasteiger partial charge in [-0.2, -0.15) is 0 Å². The monoisotopic (exact) mass is 441 g/mol. The second-order valence-electron chi connectivity index (χ2n) is 8.16. The van der Waals surface area contributed by atoms with E-state index in [1.54, 1.807) is 48.5 Å². The van der Waals surface area contributed by atoms with Crippen LogP contribution in [-0.4, -0.2) is 34.5 Å². The van der Waals surface area contributed by atoms with E-state index in [0.717, 1.165) is 16.0 Å². The lowest BCUT2D eigenvalue weighted by molar-refractivity contribution is -0.151. The number of esters is 1. The van der Waals surface area contributed by atoms with Crippen molar-refractivity contribution in [3.05, 3.63) is 106 Å². The van der Waals surface area contributed by atoms with Crippen LogP contribution in [0.5, 0.6) is 0 Å². The van der Waals surface area contributed by atoms with E-state index in [1.165, 1.54) is 6.92 Å². The number of imide groups is 1. The molecule has 33 heavy (non-hydrogen) atoms. The second-order valence-corrected chi connectivity index (χ2v) is 8.16. The van der Waals surface area contributed by atoms with Crippen molar-refractivity contribution >= 4 is 23.6 Å². The quantitative estimate of drug-likeness (QED) is 0.321. The SMILES string of the molecule is Cc1ccc(C(=O)[C@@H](OC(=O)[C@@H](C)N2C(=O)c3ccccc3C2=O)c2ccc(C)cc2)cc1. The number of benzene rings is 3. The van der Waals surface area contributed by atoms with E-state index in [-0.39, 0.29) is 16.9 Å². The molecule has 6 nitrogen and oxygen atoms in total. The third kappa shape index (κ3) is 4.20. The van der Waals surface area contributed by atoms with Gasteiger partial charge in [0.1, 0.15) is 6.04 Å². The molecule has 0 saturated heterocycles. The first-order valence-corrected chi connectivity index (χ1v) is 10.6. The van der Waals surface area contributed by atoms with Gasteiger partial charge in [0.05, 0.1) is 11.1 Å². The standard InChI is InChI=1S/C27H23NO5/c1-16-8-12-19(13-9-16)23(29)24(20-14-10-17(2)11-15-20)33-27(32)18(3)28-25(30)21-6-4-5-7-22(21)26(28)31/h4-15,18,24H,1-3H3/t18-,24+/m1/s1. The number of hydrogen-bond donors (Lipinski definition) is 0. The molecule has 6 heteroatoms. The van der Waals surface area contributed by atoms with Crippen LogP contribution in [0.25, 0.3) is 0 Å². The van der Waals surface area contributed by atoms with Crippen molar-refractivity contribution in [2.75, 3.05) is 0 Å². The molecule has 1 aliphatic rings. The summed E-state index contributed by atoms with van der Waals surface area (Å²) in [6.07, 6.45) is -1.21. The number of aryl methyl sites for hydroxylation is 2.